The Balaban J connectivity index is 1.52. The Kier molecular flexibility index (Phi) is 4.97. The minimum Gasteiger partial charge on any atom is -0.507 e. The van der Waals surface area contributed by atoms with Crippen molar-refractivity contribution < 1.29 is 24.3 Å². The first-order valence-electron chi connectivity index (χ1n) is 12.2. The number of carbonyl (C=O) groups is 4. The molecule has 4 aliphatic rings. The maximum absolute atomic E-state index is 13.8. The second kappa shape index (κ2) is 7.98. The first-order valence-corrected chi connectivity index (χ1v) is 12.2. The number of phenols is 1. The fraction of sp³-hybridized carbons (Fsp3) is 0.267. The van der Waals surface area contributed by atoms with Crippen LogP contribution in [0.15, 0.2) is 83.0 Å². The van der Waals surface area contributed by atoms with Gasteiger partial charge < -0.3 is 5.11 Å². The molecule has 6 heteroatoms. The number of benzene rings is 2. The van der Waals surface area contributed by atoms with Crippen LogP contribution in [0.25, 0.3) is 0 Å². The first kappa shape index (κ1) is 22.4. The zero-order valence-electron chi connectivity index (χ0n) is 20.0. The van der Waals surface area contributed by atoms with Crippen LogP contribution in [0.5, 0.6) is 5.75 Å². The number of imide groups is 1. The van der Waals surface area contributed by atoms with Crippen molar-refractivity contribution in [2.45, 2.75) is 32.6 Å². The number of amides is 2. The number of phenolic OH excluding ortho intramolecular Hbond substituents is 1. The molecular weight excluding hydrogens is 454 g/mol. The van der Waals surface area contributed by atoms with Crippen LogP contribution in [0.4, 0.5) is 5.69 Å². The van der Waals surface area contributed by atoms with Gasteiger partial charge in [-0.25, -0.2) is 0 Å². The van der Waals surface area contributed by atoms with E-state index in [0.29, 0.717) is 40.0 Å². The van der Waals surface area contributed by atoms with Crippen LogP contribution in [0.3, 0.4) is 0 Å². The van der Waals surface area contributed by atoms with Crippen LogP contribution in [0, 0.1) is 24.7 Å². The summed E-state index contributed by atoms with van der Waals surface area (Å²) in [4.78, 5) is 55.1. The number of aryl methyl sites for hydroxylation is 1. The molecule has 4 atom stereocenters. The summed E-state index contributed by atoms with van der Waals surface area (Å²) in [5.41, 5.74) is 3.72. The second-order valence-corrected chi connectivity index (χ2v) is 10.1. The predicted octanol–water partition coefficient (Wildman–Crippen LogP) is 4.33. The standard InChI is InChI=1S/C30H25NO5/c1-15-7-6-10-19(27(15)33)24-18-11-12-20-25(30(36)31(29(20)35)17-8-4-3-5-9-17)21(18)14-22-23(32)13-16(2)28(34)26(22)24/h3-11,13,20-21,24-25,33H,12,14H2,1-2H3/t20-,21+,24+,25-/m0/s1. The van der Waals surface area contributed by atoms with Crippen molar-refractivity contribution in [2.24, 2.45) is 17.8 Å². The largest absolute Gasteiger partial charge is 0.507 e. The number of fused-ring (bicyclic) bond motifs is 3. The van der Waals surface area contributed by atoms with Gasteiger partial charge in [-0.2, -0.15) is 0 Å². The van der Waals surface area contributed by atoms with E-state index in [1.165, 1.54) is 11.0 Å². The van der Waals surface area contributed by atoms with Gasteiger partial charge in [0, 0.05) is 28.2 Å². The zero-order chi connectivity index (χ0) is 25.3. The van der Waals surface area contributed by atoms with Gasteiger partial charge in [0.2, 0.25) is 11.8 Å². The highest BCUT2D eigenvalue weighted by Gasteiger charge is 2.56. The van der Waals surface area contributed by atoms with Gasteiger partial charge in [0.1, 0.15) is 5.75 Å². The van der Waals surface area contributed by atoms with Crippen molar-refractivity contribution in [1.82, 2.24) is 0 Å². The molecule has 3 aliphatic carbocycles. The van der Waals surface area contributed by atoms with Crippen LogP contribution >= 0.6 is 0 Å². The topological polar surface area (TPSA) is 91.8 Å². The lowest BCUT2D eigenvalue weighted by atomic mass is 9.59. The molecule has 1 heterocycles. The summed E-state index contributed by atoms with van der Waals surface area (Å²) in [7, 11) is 0. The van der Waals surface area contributed by atoms with Crippen LogP contribution in [0.2, 0.25) is 0 Å². The average molecular weight is 480 g/mol. The van der Waals surface area contributed by atoms with Gasteiger partial charge in [-0.05, 0) is 56.4 Å². The number of hydrogen-bond donors (Lipinski definition) is 1. The molecule has 1 fully saturated rings. The number of allylic oxidation sites excluding steroid dienone is 6. The summed E-state index contributed by atoms with van der Waals surface area (Å²) in [5.74, 6) is -3.09. The predicted molar refractivity (Wildman–Crippen MR) is 133 cm³/mol. The number of ketones is 2. The van der Waals surface area contributed by atoms with Crippen molar-refractivity contribution in [3.8, 4) is 5.75 Å². The molecular formula is C30H25NO5. The van der Waals surface area contributed by atoms with Crippen molar-refractivity contribution in [3.63, 3.8) is 0 Å². The van der Waals surface area contributed by atoms with E-state index >= 15 is 0 Å². The van der Waals surface area contributed by atoms with Gasteiger partial charge in [-0.15, -0.1) is 0 Å². The van der Waals surface area contributed by atoms with E-state index in [4.69, 9.17) is 0 Å². The number of nitrogens with zero attached hydrogens (tertiary/aromatic N) is 1. The number of anilines is 1. The lowest BCUT2D eigenvalue weighted by Crippen LogP contribution is -2.39. The molecule has 1 N–H and O–H groups in total. The minimum absolute atomic E-state index is 0.0743. The van der Waals surface area contributed by atoms with E-state index < -0.39 is 23.7 Å². The summed E-state index contributed by atoms with van der Waals surface area (Å²) in [5, 5.41) is 11.0. The molecule has 1 aliphatic heterocycles. The van der Waals surface area contributed by atoms with Gasteiger partial charge in [0.25, 0.3) is 0 Å². The molecule has 6 rings (SSSR count). The molecule has 2 aromatic rings. The summed E-state index contributed by atoms with van der Waals surface area (Å²) in [6.07, 6.45) is 3.92. The monoisotopic (exact) mass is 479 g/mol. The van der Waals surface area contributed by atoms with Gasteiger partial charge in [0.05, 0.1) is 17.5 Å². The SMILES string of the molecule is CC1=CC(=O)C2=C(C1=O)[C@@H](c1cccc(C)c1O)C1=CC[C@@H]3C(=O)N(c4ccccc4)C(=O)[C@@H]3[C@@H]1C2. The minimum atomic E-state index is -0.645. The Morgan fingerprint density at radius 1 is 0.889 bits per heavy atom. The summed E-state index contributed by atoms with van der Waals surface area (Å²) in [6.45, 7) is 3.42. The highest BCUT2D eigenvalue weighted by atomic mass is 16.3. The molecule has 2 aromatic carbocycles. The van der Waals surface area contributed by atoms with Crippen molar-refractivity contribution in [2.75, 3.05) is 4.90 Å². The first-order chi connectivity index (χ1) is 17.3. The highest BCUT2D eigenvalue weighted by molar-refractivity contribution is 6.25. The molecule has 1 saturated heterocycles. The summed E-state index contributed by atoms with van der Waals surface area (Å²) >= 11 is 0. The van der Waals surface area contributed by atoms with Gasteiger partial charge in [-0.1, -0.05) is 48.0 Å². The molecule has 0 saturated carbocycles. The Morgan fingerprint density at radius 3 is 2.39 bits per heavy atom. The highest BCUT2D eigenvalue weighted by Crippen LogP contribution is 2.56. The summed E-state index contributed by atoms with van der Waals surface area (Å²) in [6, 6.07) is 14.3. The lowest BCUT2D eigenvalue weighted by Gasteiger charge is -2.42. The fourth-order valence-electron chi connectivity index (χ4n) is 6.46. The molecule has 0 unspecified atom stereocenters. The lowest BCUT2D eigenvalue weighted by molar-refractivity contribution is -0.123. The van der Waals surface area contributed by atoms with Gasteiger partial charge in [-0.3, -0.25) is 24.1 Å². The van der Waals surface area contributed by atoms with Crippen LogP contribution in [0.1, 0.15) is 36.8 Å². The third-order valence-electron chi connectivity index (χ3n) is 8.16. The van der Waals surface area contributed by atoms with Crippen LogP contribution in [-0.4, -0.2) is 28.5 Å². The number of rotatable bonds is 2. The number of aromatic hydroxyl groups is 1. The Hall–Kier alpha value is -4.06. The molecule has 6 nitrogen and oxygen atoms in total. The smallest absolute Gasteiger partial charge is 0.238 e. The molecule has 0 radical (unpaired) electrons. The molecule has 2 amide bonds. The van der Waals surface area contributed by atoms with E-state index in [1.807, 2.05) is 18.2 Å². The Bertz CT molecular complexity index is 1460. The van der Waals surface area contributed by atoms with E-state index in [1.54, 1.807) is 50.2 Å². The average Bonchev–Trinajstić information content (AvgIpc) is 3.13. The molecule has 0 spiro atoms. The van der Waals surface area contributed by atoms with E-state index in [2.05, 4.69) is 0 Å². The number of Topliss-reactive ketones (excluding diaryl/α,β-unsaturated/α-hetero) is 1. The third kappa shape index (κ3) is 3.03. The van der Waals surface area contributed by atoms with Gasteiger partial charge in [0.15, 0.2) is 11.6 Å². The van der Waals surface area contributed by atoms with Gasteiger partial charge >= 0.3 is 0 Å². The zero-order valence-corrected chi connectivity index (χ0v) is 20.0. The second-order valence-electron chi connectivity index (χ2n) is 10.1. The third-order valence-corrected chi connectivity index (χ3v) is 8.16. The van der Waals surface area contributed by atoms with E-state index in [9.17, 15) is 24.3 Å². The van der Waals surface area contributed by atoms with E-state index in [0.717, 1.165) is 5.57 Å². The maximum Gasteiger partial charge on any atom is 0.238 e. The fourth-order valence-corrected chi connectivity index (χ4v) is 6.46. The number of para-hydroxylation sites is 2. The van der Waals surface area contributed by atoms with Crippen molar-refractivity contribution in [1.29, 1.82) is 0 Å². The van der Waals surface area contributed by atoms with Crippen LogP contribution in [-0.2, 0) is 19.2 Å². The molecule has 180 valence electrons. The molecule has 36 heavy (non-hydrogen) atoms. The number of carbonyl (C=O) groups excluding carboxylic acids is 4. The molecule has 0 aromatic heterocycles. The Labute approximate surface area is 208 Å². The molecule has 0 bridgehead atoms. The maximum atomic E-state index is 13.8. The van der Waals surface area contributed by atoms with Crippen molar-refractivity contribution >= 4 is 29.1 Å². The van der Waals surface area contributed by atoms with E-state index in [-0.39, 0.29) is 35.6 Å². The summed E-state index contributed by atoms with van der Waals surface area (Å²) < 4.78 is 0. The number of hydrogen-bond acceptors (Lipinski definition) is 5. The quantitative estimate of drug-likeness (QED) is 0.393. The normalized spacial score (nSPS) is 27.4. The van der Waals surface area contributed by atoms with Crippen LogP contribution < -0.4 is 4.90 Å². The Morgan fingerprint density at radius 2 is 1.64 bits per heavy atom. The van der Waals surface area contributed by atoms with Crippen molar-refractivity contribution in [3.05, 3.63) is 94.1 Å².